The molecule has 0 saturated heterocycles. The van der Waals surface area contributed by atoms with Gasteiger partial charge in [0, 0.05) is 5.56 Å². The summed E-state index contributed by atoms with van der Waals surface area (Å²) in [6, 6.07) is 5.87. The minimum Gasteiger partial charge on any atom is -0.508 e. The molecule has 48 heavy (non-hydrogen) atoms. The number of hydrogen-bond acceptors (Lipinski definition) is 5. The molecule has 2 atom stereocenters. The molecule has 2 N–H and O–H groups in total. The van der Waals surface area contributed by atoms with Crippen LogP contribution < -0.4 is 0 Å². The fourth-order valence-electron chi connectivity index (χ4n) is 6.33. The van der Waals surface area contributed by atoms with Crippen molar-refractivity contribution in [2.24, 2.45) is 16.7 Å². The third-order valence-electron chi connectivity index (χ3n) is 9.37. The summed E-state index contributed by atoms with van der Waals surface area (Å²) in [6.45, 7) is 26.0. The van der Waals surface area contributed by atoms with Crippen LogP contribution in [0.4, 0.5) is 0 Å². The van der Waals surface area contributed by atoms with Crippen LogP contribution in [0.2, 0.25) is 0 Å². The van der Waals surface area contributed by atoms with Gasteiger partial charge in [0.25, 0.3) is 0 Å². The number of phenolic OH excluding ortho intramolecular Hbond substituents is 1. The van der Waals surface area contributed by atoms with Gasteiger partial charge in [0.05, 0.1) is 5.41 Å². The molecule has 5 heteroatoms. The average Bonchev–Trinajstić information content (AvgIpc) is 2.99. The summed E-state index contributed by atoms with van der Waals surface area (Å²) in [4.78, 5) is 45.4. The first-order valence-electron chi connectivity index (χ1n) is 17.1. The summed E-state index contributed by atoms with van der Waals surface area (Å²) >= 11 is 0. The van der Waals surface area contributed by atoms with Crippen LogP contribution in [0.1, 0.15) is 119 Å². The molecule has 0 heterocycles. The topological polar surface area (TPSA) is 91.7 Å². The largest absolute Gasteiger partial charge is 0.508 e. The number of phenols is 1. The zero-order chi connectivity index (χ0) is 36.4. The molecule has 0 aliphatic heterocycles. The molecule has 1 aromatic carbocycles. The highest BCUT2D eigenvalue weighted by molar-refractivity contribution is 6.41. The Labute approximate surface area is 289 Å². The Bertz CT molecular complexity index is 1540. The Morgan fingerprint density at radius 2 is 1.31 bits per heavy atom. The van der Waals surface area contributed by atoms with Crippen molar-refractivity contribution in [3.05, 3.63) is 106 Å². The maximum atomic E-state index is 15.5. The highest BCUT2D eigenvalue weighted by atomic mass is 16.3. The van der Waals surface area contributed by atoms with E-state index in [4.69, 9.17) is 0 Å². The summed E-state index contributed by atoms with van der Waals surface area (Å²) in [5.74, 6) is -2.59. The first-order chi connectivity index (χ1) is 22.4. The van der Waals surface area contributed by atoms with Crippen molar-refractivity contribution in [3.63, 3.8) is 0 Å². The zero-order valence-corrected chi connectivity index (χ0v) is 30.9. The van der Waals surface area contributed by atoms with Crippen LogP contribution in [-0.4, -0.2) is 27.6 Å². The summed E-state index contributed by atoms with van der Waals surface area (Å²) < 4.78 is 0. The first kappa shape index (κ1) is 40.2. The average molecular weight is 655 g/mol. The number of Topliss-reactive ketones (excluding diaryl/α,β-unsaturated/α-hetero) is 3. The third-order valence-corrected chi connectivity index (χ3v) is 9.37. The lowest BCUT2D eigenvalue weighted by atomic mass is 9.52. The molecule has 1 fully saturated rings. The van der Waals surface area contributed by atoms with Crippen LogP contribution >= 0.6 is 0 Å². The highest BCUT2D eigenvalue weighted by Crippen LogP contribution is 2.53. The van der Waals surface area contributed by atoms with Crippen LogP contribution in [0.25, 0.3) is 5.76 Å². The number of aliphatic hydroxyl groups is 1. The maximum Gasteiger partial charge on any atom is 0.184 e. The van der Waals surface area contributed by atoms with Gasteiger partial charge in [-0.2, -0.15) is 0 Å². The van der Waals surface area contributed by atoms with Crippen molar-refractivity contribution in [1.82, 2.24) is 0 Å². The molecule has 0 amide bonds. The lowest BCUT2D eigenvalue weighted by Gasteiger charge is -2.46. The smallest absolute Gasteiger partial charge is 0.184 e. The molecule has 1 aromatic rings. The van der Waals surface area contributed by atoms with Crippen LogP contribution in [-0.2, 0) is 14.4 Å². The summed E-state index contributed by atoms with van der Waals surface area (Å²) in [5.41, 5.74) is 2.47. The van der Waals surface area contributed by atoms with Gasteiger partial charge in [-0.25, -0.2) is 0 Å². The van der Waals surface area contributed by atoms with E-state index in [1.807, 2.05) is 66.7 Å². The number of carbonyl (C=O) groups is 3. The lowest BCUT2D eigenvalue weighted by molar-refractivity contribution is -0.155. The van der Waals surface area contributed by atoms with Crippen LogP contribution in [0.15, 0.2) is 101 Å². The van der Waals surface area contributed by atoms with Crippen molar-refractivity contribution >= 4 is 23.1 Å². The van der Waals surface area contributed by atoms with E-state index in [-0.39, 0.29) is 48.5 Å². The van der Waals surface area contributed by atoms with Crippen molar-refractivity contribution in [3.8, 4) is 5.75 Å². The molecule has 5 nitrogen and oxygen atoms in total. The molecule has 260 valence electrons. The fraction of sp³-hybridized carbons (Fsp3) is 0.465. The number of ketones is 3. The number of carbonyl (C=O) groups excluding carboxylic acids is 3. The van der Waals surface area contributed by atoms with E-state index in [1.165, 1.54) is 17.7 Å². The first-order valence-corrected chi connectivity index (χ1v) is 17.1. The van der Waals surface area contributed by atoms with Crippen LogP contribution in [0, 0.1) is 16.7 Å². The van der Waals surface area contributed by atoms with Gasteiger partial charge >= 0.3 is 0 Å². The number of allylic oxidation sites excluding steroid dienone is 11. The standard InChI is InChI=1S/C43H58O5/c1-28(2)14-12-15-33(11)22-25-43(27-35(32(9)10)19-18-29(3)4)40(47)37(38(45)34-16-13-17-36(44)26-34)39(46)42(41(43)48,23-20-30(5)6)24-21-31(7)8/h13-14,16-17,20-22,26,35,44-45H,3,9,12,15,18-19,23-25,27H2,1-2,4-8,10-11H3/b33-22+,38-37?/t35-,43+/m0/s1. The summed E-state index contributed by atoms with van der Waals surface area (Å²) in [7, 11) is 0. The van der Waals surface area contributed by atoms with Gasteiger partial charge in [0.15, 0.2) is 17.3 Å². The molecule has 0 spiro atoms. The van der Waals surface area contributed by atoms with E-state index < -0.39 is 33.9 Å². The Morgan fingerprint density at radius 1 is 0.771 bits per heavy atom. The van der Waals surface area contributed by atoms with Gasteiger partial charge in [-0.3, -0.25) is 14.4 Å². The van der Waals surface area contributed by atoms with E-state index in [0.717, 1.165) is 40.7 Å². The third kappa shape index (κ3) is 10.0. The number of hydrogen-bond donors (Lipinski definition) is 2. The SMILES string of the molecule is C=C(C)CC[C@@H](C[C@]1(C/C=C(\C)CCC=C(C)C)C(=O)C(=C(O)c2cccc(O)c2)C(=O)C(CC=C(C)C)(CC=C(C)C)C1=O)C(=C)C. The number of rotatable bonds is 16. The van der Waals surface area contributed by atoms with Crippen molar-refractivity contribution in [2.45, 2.75) is 114 Å². The molecule has 0 unspecified atom stereocenters. The van der Waals surface area contributed by atoms with E-state index in [2.05, 4.69) is 33.1 Å². The lowest BCUT2D eigenvalue weighted by Crippen LogP contribution is -2.59. The molecule has 1 aliphatic rings. The Hall–Kier alpha value is -3.99. The molecular weight excluding hydrogens is 596 g/mol. The minimum atomic E-state index is -1.64. The number of benzene rings is 1. The normalized spacial score (nSPS) is 19.4. The van der Waals surface area contributed by atoms with E-state index in [0.29, 0.717) is 12.8 Å². The van der Waals surface area contributed by atoms with E-state index in [9.17, 15) is 15.0 Å². The summed E-state index contributed by atoms with van der Waals surface area (Å²) in [5, 5.41) is 22.1. The van der Waals surface area contributed by atoms with Gasteiger partial charge in [-0.1, -0.05) is 76.5 Å². The Balaban J connectivity index is 3.08. The second-order valence-electron chi connectivity index (χ2n) is 14.7. The molecule has 0 radical (unpaired) electrons. The van der Waals surface area contributed by atoms with Gasteiger partial charge in [0.2, 0.25) is 0 Å². The quantitative estimate of drug-likeness (QED) is 0.0608. The van der Waals surface area contributed by atoms with E-state index in [1.54, 1.807) is 12.1 Å². The number of aromatic hydroxyl groups is 1. The zero-order valence-electron chi connectivity index (χ0n) is 30.9. The number of aliphatic hydroxyl groups excluding tert-OH is 1. The van der Waals surface area contributed by atoms with Crippen molar-refractivity contribution in [2.75, 3.05) is 0 Å². The van der Waals surface area contributed by atoms with Gasteiger partial charge in [0.1, 0.15) is 22.5 Å². The maximum absolute atomic E-state index is 15.5. The van der Waals surface area contributed by atoms with Crippen LogP contribution in [0.3, 0.4) is 0 Å². The van der Waals surface area contributed by atoms with E-state index >= 15 is 9.59 Å². The second-order valence-corrected chi connectivity index (χ2v) is 14.7. The minimum absolute atomic E-state index is 0.0927. The second kappa shape index (κ2) is 17.4. The Morgan fingerprint density at radius 3 is 1.81 bits per heavy atom. The molecule has 0 aromatic heterocycles. The molecular formula is C43H58O5. The molecule has 1 saturated carbocycles. The van der Waals surface area contributed by atoms with Crippen LogP contribution in [0.5, 0.6) is 5.75 Å². The highest BCUT2D eigenvalue weighted by Gasteiger charge is 2.64. The van der Waals surface area contributed by atoms with Gasteiger partial charge in [-0.05, 0) is 132 Å². The van der Waals surface area contributed by atoms with Crippen molar-refractivity contribution < 1.29 is 24.6 Å². The predicted octanol–water partition coefficient (Wildman–Crippen LogP) is 11.1. The molecule has 1 aliphatic carbocycles. The van der Waals surface area contributed by atoms with Gasteiger partial charge in [-0.15, -0.1) is 6.58 Å². The van der Waals surface area contributed by atoms with Gasteiger partial charge < -0.3 is 10.2 Å². The molecule has 0 bridgehead atoms. The Kier molecular flexibility index (Phi) is 14.6. The van der Waals surface area contributed by atoms with Crippen molar-refractivity contribution in [1.29, 1.82) is 0 Å². The monoisotopic (exact) mass is 654 g/mol. The predicted molar refractivity (Wildman–Crippen MR) is 200 cm³/mol. The molecule has 2 rings (SSSR count). The summed E-state index contributed by atoms with van der Waals surface area (Å²) in [6.07, 6.45) is 11.3. The fourth-order valence-corrected chi connectivity index (χ4v) is 6.33.